The minimum Gasteiger partial charge on any atom is -0.490 e. The lowest BCUT2D eigenvalue weighted by atomic mass is 10.0. The zero-order valence-corrected chi connectivity index (χ0v) is 19.3. The maximum Gasteiger partial charge on any atom is 0.256 e. The van der Waals surface area contributed by atoms with E-state index in [1.165, 1.54) is 6.20 Å². The van der Waals surface area contributed by atoms with Crippen LogP contribution in [0.4, 0.5) is 5.82 Å². The van der Waals surface area contributed by atoms with E-state index in [-0.39, 0.29) is 12.0 Å². The number of nitrogens with zero attached hydrogens (tertiary/aromatic N) is 2. The Labute approximate surface area is 199 Å². The molecular formula is C27H29N5O2. The normalized spacial score (nSPS) is 15.2. The summed E-state index contributed by atoms with van der Waals surface area (Å²) < 4.78 is 6.02. The van der Waals surface area contributed by atoms with Crippen LogP contribution >= 0.6 is 0 Å². The van der Waals surface area contributed by atoms with Crippen LogP contribution in [-0.4, -0.2) is 36.8 Å². The average molecular weight is 456 g/mol. The number of allylic oxidation sites excluding steroid dienone is 2. The van der Waals surface area contributed by atoms with Gasteiger partial charge in [0.15, 0.2) is 0 Å². The average Bonchev–Trinajstić information content (AvgIpc) is 2.84. The van der Waals surface area contributed by atoms with Gasteiger partial charge in [-0.2, -0.15) is 0 Å². The van der Waals surface area contributed by atoms with Crippen molar-refractivity contribution < 1.29 is 9.53 Å². The predicted octanol–water partition coefficient (Wildman–Crippen LogP) is 4.52. The fourth-order valence-electron chi connectivity index (χ4n) is 3.91. The lowest BCUT2D eigenvalue weighted by Gasteiger charge is -2.23. The number of nitrogens with one attached hydrogen (secondary N) is 2. The lowest BCUT2D eigenvalue weighted by Crippen LogP contribution is -2.34. The molecular weight excluding hydrogens is 426 g/mol. The van der Waals surface area contributed by atoms with Gasteiger partial charge < -0.3 is 21.1 Å². The van der Waals surface area contributed by atoms with E-state index in [4.69, 9.17) is 10.5 Å². The molecule has 0 radical (unpaired) electrons. The standard InChI is InChI=1S/C27H29N5O2/c1-18(13-23(28)17-29-2)20-3-4-21-16-31-26(15-22(21)14-20)32-27(33)19-5-7-24(8-6-19)34-25-9-11-30-12-10-25/h3-8,13-17,25,30H,2,9-12,28H2,1H3,(H,31,32,33)/b18-13+,23-17+. The van der Waals surface area contributed by atoms with Gasteiger partial charge in [0.2, 0.25) is 0 Å². The van der Waals surface area contributed by atoms with E-state index >= 15 is 0 Å². The lowest BCUT2D eigenvalue weighted by molar-refractivity contribution is 0.102. The molecule has 1 saturated heterocycles. The molecule has 34 heavy (non-hydrogen) atoms. The van der Waals surface area contributed by atoms with Crippen LogP contribution in [0.15, 0.2) is 77.7 Å². The molecule has 1 aliphatic heterocycles. The molecule has 2 heterocycles. The first-order chi connectivity index (χ1) is 16.5. The Kier molecular flexibility index (Phi) is 7.34. The Morgan fingerprint density at radius 3 is 2.62 bits per heavy atom. The number of ether oxygens (including phenoxy) is 1. The van der Waals surface area contributed by atoms with Crippen LogP contribution in [-0.2, 0) is 0 Å². The molecule has 1 aliphatic rings. The van der Waals surface area contributed by atoms with Crippen LogP contribution in [0, 0.1) is 0 Å². The van der Waals surface area contributed by atoms with Crippen molar-refractivity contribution in [2.45, 2.75) is 25.9 Å². The van der Waals surface area contributed by atoms with E-state index < -0.39 is 0 Å². The van der Waals surface area contributed by atoms with Crippen molar-refractivity contribution in [3.05, 3.63) is 83.8 Å². The Hall–Kier alpha value is -3.97. The van der Waals surface area contributed by atoms with E-state index in [9.17, 15) is 4.79 Å². The minimum absolute atomic E-state index is 0.220. The highest BCUT2D eigenvalue weighted by Crippen LogP contribution is 2.24. The summed E-state index contributed by atoms with van der Waals surface area (Å²) in [5.41, 5.74) is 8.99. The first-order valence-electron chi connectivity index (χ1n) is 11.3. The molecule has 2 aromatic carbocycles. The molecule has 1 fully saturated rings. The molecule has 0 atom stereocenters. The zero-order valence-electron chi connectivity index (χ0n) is 19.3. The highest BCUT2D eigenvalue weighted by atomic mass is 16.5. The molecule has 0 bridgehead atoms. The third kappa shape index (κ3) is 5.88. The number of aliphatic imine (C=N–C) groups is 1. The number of pyridine rings is 1. The number of aromatic nitrogens is 1. The van der Waals surface area contributed by atoms with Crippen LogP contribution in [0.3, 0.4) is 0 Å². The molecule has 0 unspecified atom stereocenters. The van der Waals surface area contributed by atoms with Crippen molar-refractivity contribution in [1.29, 1.82) is 0 Å². The van der Waals surface area contributed by atoms with Crippen LogP contribution in [0.1, 0.15) is 35.7 Å². The SMILES string of the molecule is C=N/C=C(N)\C=C(/C)c1ccc2cnc(NC(=O)c3ccc(OC4CCNCC4)cc3)cc2c1. The molecule has 174 valence electrons. The van der Waals surface area contributed by atoms with Crippen LogP contribution < -0.4 is 21.1 Å². The summed E-state index contributed by atoms with van der Waals surface area (Å²) in [4.78, 5) is 20.8. The Morgan fingerprint density at radius 1 is 1.15 bits per heavy atom. The zero-order chi connectivity index (χ0) is 23.9. The van der Waals surface area contributed by atoms with Crippen molar-refractivity contribution in [2.75, 3.05) is 18.4 Å². The monoisotopic (exact) mass is 455 g/mol. The first kappa shape index (κ1) is 23.2. The highest BCUT2D eigenvalue weighted by Gasteiger charge is 2.15. The van der Waals surface area contributed by atoms with Gasteiger partial charge in [-0.25, -0.2) is 4.98 Å². The second-order valence-electron chi connectivity index (χ2n) is 8.32. The van der Waals surface area contributed by atoms with E-state index in [2.05, 4.69) is 27.3 Å². The van der Waals surface area contributed by atoms with Gasteiger partial charge in [0, 0.05) is 23.3 Å². The van der Waals surface area contributed by atoms with Crippen LogP contribution in [0.25, 0.3) is 16.3 Å². The fourth-order valence-corrected chi connectivity index (χ4v) is 3.91. The van der Waals surface area contributed by atoms with E-state index in [1.807, 2.05) is 49.4 Å². The number of amides is 1. The van der Waals surface area contributed by atoms with Gasteiger partial charge in [0.1, 0.15) is 17.7 Å². The second kappa shape index (κ2) is 10.8. The van der Waals surface area contributed by atoms with Crippen molar-refractivity contribution in [2.24, 2.45) is 10.7 Å². The summed E-state index contributed by atoms with van der Waals surface area (Å²) in [6.07, 6.45) is 7.30. The van der Waals surface area contributed by atoms with Gasteiger partial charge >= 0.3 is 0 Å². The molecule has 4 N–H and O–H groups in total. The van der Waals surface area contributed by atoms with Gasteiger partial charge in [-0.3, -0.25) is 9.79 Å². The first-order valence-corrected chi connectivity index (χ1v) is 11.3. The van der Waals surface area contributed by atoms with E-state index in [0.29, 0.717) is 17.1 Å². The Morgan fingerprint density at radius 2 is 1.88 bits per heavy atom. The number of carbonyl (C=O) groups is 1. The summed E-state index contributed by atoms with van der Waals surface area (Å²) in [6, 6.07) is 15.1. The van der Waals surface area contributed by atoms with Gasteiger partial charge in [-0.1, -0.05) is 12.1 Å². The van der Waals surface area contributed by atoms with Crippen LogP contribution in [0.5, 0.6) is 5.75 Å². The smallest absolute Gasteiger partial charge is 0.256 e. The number of carbonyl (C=O) groups excluding carboxylic acids is 1. The molecule has 1 amide bonds. The summed E-state index contributed by atoms with van der Waals surface area (Å²) in [5.74, 6) is 1.05. The third-order valence-corrected chi connectivity index (χ3v) is 5.75. The van der Waals surface area contributed by atoms with Crippen molar-refractivity contribution in [1.82, 2.24) is 10.3 Å². The number of piperidine rings is 1. The molecule has 7 heteroatoms. The van der Waals surface area contributed by atoms with Gasteiger partial charge in [0.25, 0.3) is 5.91 Å². The number of anilines is 1. The van der Waals surface area contributed by atoms with Crippen molar-refractivity contribution in [3.63, 3.8) is 0 Å². The van der Waals surface area contributed by atoms with E-state index in [0.717, 1.165) is 53.6 Å². The summed E-state index contributed by atoms with van der Waals surface area (Å²) >= 11 is 0. The quantitative estimate of drug-likeness (QED) is 0.359. The Bertz CT molecular complexity index is 1240. The summed E-state index contributed by atoms with van der Waals surface area (Å²) in [6.45, 7) is 7.34. The number of hydrogen-bond donors (Lipinski definition) is 3. The van der Waals surface area contributed by atoms with Crippen molar-refractivity contribution >= 4 is 34.8 Å². The molecule has 3 aromatic rings. The van der Waals surface area contributed by atoms with Crippen molar-refractivity contribution in [3.8, 4) is 5.75 Å². The Balaban J connectivity index is 1.46. The number of rotatable bonds is 7. The van der Waals surface area contributed by atoms with Gasteiger partial charge in [-0.05, 0) is 98.6 Å². The second-order valence-corrected chi connectivity index (χ2v) is 8.32. The maximum absolute atomic E-state index is 12.8. The highest BCUT2D eigenvalue weighted by molar-refractivity contribution is 6.04. The van der Waals surface area contributed by atoms with Gasteiger partial charge in [0.05, 0.1) is 5.70 Å². The fraction of sp³-hybridized carbons (Fsp3) is 0.222. The summed E-state index contributed by atoms with van der Waals surface area (Å²) in [7, 11) is 0. The largest absolute Gasteiger partial charge is 0.490 e. The molecule has 7 nitrogen and oxygen atoms in total. The van der Waals surface area contributed by atoms with E-state index in [1.54, 1.807) is 18.3 Å². The minimum atomic E-state index is -0.220. The number of hydrogen-bond acceptors (Lipinski definition) is 6. The molecule has 0 saturated carbocycles. The molecule has 0 aliphatic carbocycles. The van der Waals surface area contributed by atoms with Gasteiger partial charge in [-0.15, -0.1) is 0 Å². The summed E-state index contributed by atoms with van der Waals surface area (Å²) in [5, 5.41) is 8.15. The molecule has 1 aromatic heterocycles. The molecule has 4 rings (SSSR count). The number of fused-ring (bicyclic) bond motifs is 1. The number of benzene rings is 2. The topological polar surface area (TPSA) is 102 Å². The number of nitrogens with two attached hydrogens (primary N) is 1. The maximum atomic E-state index is 12.8. The third-order valence-electron chi connectivity index (χ3n) is 5.75. The molecule has 0 spiro atoms. The van der Waals surface area contributed by atoms with Crippen LogP contribution in [0.2, 0.25) is 0 Å². The predicted molar refractivity (Wildman–Crippen MR) is 138 cm³/mol.